The standard InChI is InChI=1S/C11H12BrNO3/c12-9-3-1-2-4-10(9)13-8(5-6-14)7-16-11(13)15/h1-4,8,14H,5-7H2. The maximum atomic E-state index is 11.6. The molecule has 2 rings (SSSR count). The van der Waals surface area contributed by atoms with Gasteiger partial charge >= 0.3 is 6.09 Å². The zero-order valence-corrected chi connectivity index (χ0v) is 10.2. The first-order valence-electron chi connectivity index (χ1n) is 5.05. The number of para-hydroxylation sites is 1. The Bertz CT molecular complexity index is 397. The van der Waals surface area contributed by atoms with Crippen LogP contribution < -0.4 is 4.90 Å². The summed E-state index contributed by atoms with van der Waals surface area (Å²) in [7, 11) is 0. The van der Waals surface area contributed by atoms with Crippen molar-refractivity contribution < 1.29 is 14.6 Å². The molecule has 86 valence electrons. The van der Waals surface area contributed by atoms with Gasteiger partial charge in [-0.05, 0) is 34.5 Å². The number of halogens is 1. The normalized spacial score (nSPS) is 20.0. The molecule has 16 heavy (non-hydrogen) atoms. The average molecular weight is 286 g/mol. The summed E-state index contributed by atoms with van der Waals surface area (Å²) in [6.45, 7) is 0.378. The predicted molar refractivity (Wildman–Crippen MR) is 63.5 cm³/mol. The van der Waals surface area contributed by atoms with Crippen molar-refractivity contribution in [3.8, 4) is 0 Å². The molecule has 1 saturated heterocycles. The van der Waals surface area contributed by atoms with Crippen molar-refractivity contribution in [1.82, 2.24) is 0 Å². The molecule has 1 fully saturated rings. The molecule has 4 nitrogen and oxygen atoms in total. The Morgan fingerprint density at radius 3 is 2.94 bits per heavy atom. The molecule has 5 heteroatoms. The number of anilines is 1. The Morgan fingerprint density at radius 1 is 1.50 bits per heavy atom. The van der Waals surface area contributed by atoms with Crippen LogP contribution in [0.25, 0.3) is 0 Å². The van der Waals surface area contributed by atoms with Crippen LogP contribution in [0.15, 0.2) is 28.7 Å². The zero-order valence-electron chi connectivity index (χ0n) is 8.60. The van der Waals surface area contributed by atoms with Gasteiger partial charge in [0.2, 0.25) is 0 Å². The van der Waals surface area contributed by atoms with Gasteiger partial charge in [-0.1, -0.05) is 12.1 Å². The number of aliphatic hydroxyl groups is 1. The average Bonchev–Trinajstić information content (AvgIpc) is 2.62. The van der Waals surface area contributed by atoms with Gasteiger partial charge < -0.3 is 9.84 Å². The smallest absolute Gasteiger partial charge is 0.414 e. The monoisotopic (exact) mass is 285 g/mol. The van der Waals surface area contributed by atoms with Crippen LogP contribution in [0.4, 0.5) is 10.5 Å². The van der Waals surface area contributed by atoms with Gasteiger partial charge in [-0.25, -0.2) is 4.79 Å². The van der Waals surface area contributed by atoms with Gasteiger partial charge in [0, 0.05) is 11.1 Å². The Kier molecular flexibility index (Phi) is 3.46. The van der Waals surface area contributed by atoms with E-state index in [2.05, 4.69) is 15.9 Å². The number of amides is 1. The van der Waals surface area contributed by atoms with Crippen LogP contribution in [0.3, 0.4) is 0 Å². The molecule has 1 aromatic carbocycles. The lowest BCUT2D eigenvalue weighted by Crippen LogP contribution is -2.34. The third-order valence-electron chi connectivity index (χ3n) is 2.54. The Hall–Kier alpha value is -1.07. The lowest BCUT2D eigenvalue weighted by molar-refractivity contribution is 0.176. The number of aliphatic hydroxyl groups excluding tert-OH is 1. The number of hydrogen-bond acceptors (Lipinski definition) is 3. The molecule has 0 bridgehead atoms. The topological polar surface area (TPSA) is 49.8 Å². The van der Waals surface area contributed by atoms with E-state index in [1.54, 1.807) is 4.90 Å². The molecule has 1 amide bonds. The number of benzene rings is 1. The third kappa shape index (κ3) is 2.05. The second kappa shape index (κ2) is 4.84. The highest BCUT2D eigenvalue weighted by molar-refractivity contribution is 9.10. The lowest BCUT2D eigenvalue weighted by atomic mass is 10.2. The molecule has 1 aromatic rings. The molecule has 1 unspecified atom stereocenters. The van der Waals surface area contributed by atoms with E-state index >= 15 is 0 Å². The van der Waals surface area contributed by atoms with E-state index in [9.17, 15) is 4.79 Å². The molecule has 1 heterocycles. The summed E-state index contributed by atoms with van der Waals surface area (Å²) in [5.41, 5.74) is 0.781. The van der Waals surface area contributed by atoms with Crippen LogP contribution in [0.5, 0.6) is 0 Å². The van der Waals surface area contributed by atoms with Gasteiger partial charge in [-0.15, -0.1) is 0 Å². The lowest BCUT2D eigenvalue weighted by Gasteiger charge is -2.21. The maximum Gasteiger partial charge on any atom is 0.414 e. The zero-order chi connectivity index (χ0) is 11.5. The van der Waals surface area contributed by atoms with Gasteiger partial charge in [-0.3, -0.25) is 4.90 Å². The van der Waals surface area contributed by atoms with Gasteiger partial charge in [0.1, 0.15) is 6.61 Å². The van der Waals surface area contributed by atoms with Gasteiger partial charge in [0.15, 0.2) is 0 Å². The minimum atomic E-state index is -0.356. The van der Waals surface area contributed by atoms with Gasteiger partial charge in [0.25, 0.3) is 0 Å². The van der Waals surface area contributed by atoms with Crippen LogP contribution >= 0.6 is 15.9 Å². The molecule has 1 aliphatic heterocycles. The fourth-order valence-corrected chi connectivity index (χ4v) is 2.24. The van der Waals surface area contributed by atoms with Gasteiger partial charge in [-0.2, -0.15) is 0 Å². The summed E-state index contributed by atoms with van der Waals surface area (Å²) >= 11 is 3.40. The van der Waals surface area contributed by atoms with E-state index in [1.807, 2.05) is 24.3 Å². The molecule has 1 aliphatic rings. The fourth-order valence-electron chi connectivity index (χ4n) is 1.76. The van der Waals surface area contributed by atoms with Crippen LogP contribution in [0, 0.1) is 0 Å². The summed E-state index contributed by atoms with van der Waals surface area (Å²) in [6, 6.07) is 7.38. The number of carbonyl (C=O) groups excluding carboxylic acids is 1. The van der Waals surface area contributed by atoms with Crippen molar-refractivity contribution in [3.05, 3.63) is 28.7 Å². The molecule has 0 aliphatic carbocycles. The number of ether oxygens (including phenoxy) is 1. The Morgan fingerprint density at radius 2 is 2.25 bits per heavy atom. The van der Waals surface area contributed by atoms with Crippen LogP contribution in [0.2, 0.25) is 0 Å². The first kappa shape index (κ1) is 11.4. The highest BCUT2D eigenvalue weighted by Gasteiger charge is 2.34. The molecular weight excluding hydrogens is 274 g/mol. The van der Waals surface area contributed by atoms with E-state index in [4.69, 9.17) is 9.84 Å². The number of rotatable bonds is 3. The van der Waals surface area contributed by atoms with Crippen molar-refractivity contribution in [2.75, 3.05) is 18.1 Å². The quantitative estimate of drug-likeness (QED) is 0.926. The van der Waals surface area contributed by atoms with E-state index in [-0.39, 0.29) is 18.7 Å². The van der Waals surface area contributed by atoms with E-state index in [0.717, 1.165) is 10.2 Å². The largest absolute Gasteiger partial charge is 0.447 e. The number of cyclic esters (lactones) is 1. The first-order valence-corrected chi connectivity index (χ1v) is 5.84. The molecule has 1 N–H and O–H groups in total. The second-order valence-corrected chi connectivity index (χ2v) is 4.42. The minimum Gasteiger partial charge on any atom is -0.447 e. The molecular formula is C11H12BrNO3. The summed E-state index contributed by atoms with van der Waals surface area (Å²) in [5.74, 6) is 0. The highest BCUT2D eigenvalue weighted by atomic mass is 79.9. The van der Waals surface area contributed by atoms with Crippen molar-refractivity contribution in [2.45, 2.75) is 12.5 Å². The van der Waals surface area contributed by atoms with Crippen molar-refractivity contribution in [1.29, 1.82) is 0 Å². The second-order valence-electron chi connectivity index (χ2n) is 3.56. The Labute approximate surface area is 102 Å². The molecule has 0 radical (unpaired) electrons. The van der Waals surface area contributed by atoms with E-state index in [0.29, 0.717) is 13.0 Å². The minimum absolute atomic E-state index is 0.0439. The van der Waals surface area contributed by atoms with Crippen LogP contribution in [-0.4, -0.2) is 30.5 Å². The number of nitrogens with zero attached hydrogens (tertiary/aromatic N) is 1. The van der Waals surface area contributed by atoms with Crippen LogP contribution in [0.1, 0.15) is 6.42 Å². The molecule has 1 atom stereocenters. The number of carbonyl (C=O) groups is 1. The summed E-state index contributed by atoms with van der Waals surface area (Å²) < 4.78 is 5.84. The first-order chi connectivity index (χ1) is 7.74. The predicted octanol–water partition coefficient (Wildman–Crippen LogP) is 2.16. The highest BCUT2D eigenvalue weighted by Crippen LogP contribution is 2.31. The Balaban J connectivity index is 2.30. The molecule has 0 spiro atoms. The fraction of sp³-hybridized carbons (Fsp3) is 0.364. The molecule has 0 aromatic heterocycles. The summed E-state index contributed by atoms with van der Waals surface area (Å²) in [4.78, 5) is 13.2. The third-order valence-corrected chi connectivity index (χ3v) is 3.21. The molecule has 0 saturated carbocycles. The maximum absolute atomic E-state index is 11.6. The van der Waals surface area contributed by atoms with Crippen molar-refractivity contribution >= 4 is 27.7 Å². The van der Waals surface area contributed by atoms with Crippen molar-refractivity contribution in [3.63, 3.8) is 0 Å². The summed E-state index contributed by atoms with van der Waals surface area (Å²) in [6.07, 6.45) is 0.165. The van der Waals surface area contributed by atoms with Crippen molar-refractivity contribution in [2.24, 2.45) is 0 Å². The summed E-state index contributed by atoms with van der Waals surface area (Å²) in [5, 5.41) is 8.94. The van der Waals surface area contributed by atoms with Gasteiger partial charge in [0.05, 0.1) is 11.7 Å². The number of hydrogen-bond donors (Lipinski definition) is 1. The SMILES string of the molecule is O=C1OCC(CCO)N1c1ccccc1Br. The van der Waals surface area contributed by atoms with E-state index in [1.165, 1.54) is 0 Å². The van der Waals surface area contributed by atoms with E-state index < -0.39 is 0 Å². The van der Waals surface area contributed by atoms with Crippen LogP contribution in [-0.2, 0) is 4.74 Å².